The average Bonchev–Trinajstić information content (AvgIpc) is 3.17. The summed E-state index contributed by atoms with van der Waals surface area (Å²) in [5.41, 5.74) is 11.4. The molecule has 0 bridgehead atoms. The van der Waals surface area contributed by atoms with E-state index in [1.807, 2.05) is 48.8 Å². The van der Waals surface area contributed by atoms with Gasteiger partial charge in [0.25, 0.3) is 5.91 Å². The van der Waals surface area contributed by atoms with Gasteiger partial charge in [-0.25, -0.2) is 9.97 Å². The molecule has 6 heteroatoms. The highest BCUT2D eigenvalue weighted by Crippen LogP contribution is 2.50. The molecule has 6 nitrogen and oxygen atoms in total. The molecular weight excluding hydrogens is 386 g/mol. The molecule has 0 unspecified atom stereocenters. The fourth-order valence-electron chi connectivity index (χ4n) is 4.51. The minimum atomic E-state index is -0.0923. The van der Waals surface area contributed by atoms with Gasteiger partial charge in [-0.2, -0.15) is 0 Å². The first-order valence-electron chi connectivity index (χ1n) is 10.5. The monoisotopic (exact) mass is 411 g/mol. The lowest BCUT2D eigenvalue weighted by atomic mass is 9.61. The van der Waals surface area contributed by atoms with Crippen molar-refractivity contribution in [2.45, 2.75) is 24.7 Å². The van der Waals surface area contributed by atoms with E-state index in [9.17, 15) is 4.79 Å². The second kappa shape index (κ2) is 7.23. The van der Waals surface area contributed by atoms with Crippen molar-refractivity contribution in [1.82, 2.24) is 19.9 Å². The number of carbonyl (C=O) groups excluding carboxylic acids is 1. The molecule has 156 valence electrons. The number of aromatic amines is 1. The molecule has 1 fully saturated rings. The molecule has 2 heterocycles. The van der Waals surface area contributed by atoms with Gasteiger partial charge in [-0.05, 0) is 60.4 Å². The third-order valence-electron chi connectivity index (χ3n) is 6.43. The van der Waals surface area contributed by atoms with Crippen molar-refractivity contribution >= 4 is 22.5 Å². The van der Waals surface area contributed by atoms with Crippen LogP contribution in [-0.2, 0) is 5.41 Å². The lowest BCUT2D eigenvalue weighted by molar-refractivity contribution is 0.0827. The highest BCUT2D eigenvalue weighted by molar-refractivity contribution is 5.98. The van der Waals surface area contributed by atoms with E-state index in [0.29, 0.717) is 11.4 Å². The summed E-state index contributed by atoms with van der Waals surface area (Å²) in [6, 6.07) is 13.5. The number of hydrogen-bond donors (Lipinski definition) is 2. The maximum absolute atomic E-state index is 12.3. The molecule has 0 atom stereocenters. The number of nitrogens with two attached hydrogens (primary N) is 1. The van der Waals surface area contributed by atoms with Crippen LogP contribution >= 0.6 is 0 Å². The number of nitrogen functional groups attached to an aromatic ring is 1. The van der Waals surface area contributed by atoms with Crippen LogP contribution in [0.25, 0.3) is 22.3 Å². The van der Waals surface area contributed by atoms with E-state index >= 15 is 0 Å². The SMILES string of the molecule is CN(C)C(=O)c1ccc2c(C3(c4cnc(-c5ccc(N)cc5)nc4)CCC3)c[nH]c2c1. The molecule has 2 aromatic heterocycles. The molecule has 1 aliphatic carbocycles. The Kier molecular flexibility index (Phi) is 4.50. The van der Waals surface area contributed by atoms with Crippen LogP contribution in [0.3, 0.4) is 0 Å². The Balaban J connectivity index is 1.52. The normalized spacial score (nSPS) is 14.9. The zero-order chi connectivity index (χ0) is 21.6. The molecule has 1 saturated carbocycles. The number of nitrogens with zero attached hydrogens (tertiary/aromatic N) is 3. The third kappa shape index (κ3) is 3.15. The number of aromatic nitrogens is 3. The van der Waals surface area contributed by atoms with Crippen molar-refractivity contribution < 1.29 is 4.79 Å². The predicted octanol–water partition coefficient (Wildman–Crippen LogP) is 4.38. The second-order valence-corrected chi connectivity index (χ2v) is 8.52. The Bertz CT molecular complexity index is 1250. The van der Waals surface area contributed by atoms with Crippen LogP contribution in [0.15, 0.2) is 61.1 Å². The van der Waals surface area contributed by atoms with Gasteiger partial charge in [0.1, 0.15) is 0 Å². The molecule has 0 radical (unpaired) electrons. The standard InChI is InChI=1S/C25H25N5O/c1-30(2)24(31)17-6-9-20-21(15-27-22(20)12-17)25(10-3-11-25)18-13-28-23(29-14-18)16-4-7-19(26)8-5-16/h4-9,12-15,27H,3,10-11,26H2,1-2H3. The van der Waals surface area contributed by atoms with Gasteiger partial charge in [-0.15, -0.1) is 0 Å². The number of anilines is 1. The number of H-pyrrole nitrogens is 1. The number of amides is 1. The number of carbonyl (C=O) groups is 1. The van der Waals surface area contributed by atoms with Gasteiger partial charge in [0, 0.05) is 65.8 Å². The van der Waals surface area contributed by atoms with Crippen LogP contribution in [-0.4, -0.2) is 39.9 Å². The second-order valence-electron chi connectivity index (χ2n) is 8.52. The zero-order valence-corrected chi connectivity index (χ0v) is 17.7. The summed E-state index contributed by atoms with van der Waals surface area (Å²) in [6.45, 7) is 0. The van der Waals surface area contributed by atoms with Gasteiger partial charge in [-0.1, -0.05) is 12.5 Å². The van der Waals surface area contributed by atoms with Gasteiger partial charge in [0.05, 0.1) is 0 Å². The number of rotatable bonds is 4. The summed E-state index contributed by atoms with van der Waals surface area (Å²) in [4.78, 5) is 26.6. The number of benzene rings is 2. The minimum absolute atomic E-state index is 0.00284. The fraction of sp³-hybridized carbons (Fsp3) is 0.240. The van der Waals surface area contributed by atoms with Crippen LogP contribution in [0, 0.1) is 0 Å². The summed E-state index contributed by atoms with van der Waals surface area (Å²) in [5.74, 6) is 0.701. The van der Waals surface area contributed by atoms with Gasteiger partial charge < -0.3 is 15.6 Å². The Labute approximate surface area is 181 Å². The number of hydrogen-bond acceptors (Lipinski definition) is 4. The molecule has 4 aromatic rings. The van der Waals surface area contributed by atoms with E-state index in [-0.39, 0.29) is 11.3 Å². The molecule has 3 N–H and O–H groups in total. The molecule has 1 aliphatic rings. The maximum Gasteiger partial charge on any atom is 0.253 e. The molecule has 2 aromatic carbocycles. The van der Waals surface area contributed by atoms with Crippen LogP contribution in [0.5, 0.6) is 0 Å². The van der Waals surface area contributed by atoms with Crippen molar-refractivity contribution in [1.29, 1.82) is 0 Å². The summed E-state index contributed by atoms with van der Waals surface area (Å²) < 4.78 is 0. The van der Waals surface area contributed by atoms with Gasteiger partial charge in [-0.3, -0.25) is 4.79 Å². The summed E-state index contributed by atoms with van der Waals surface area (Å²) >= 11 is 0. The van der Waals surface area contributed by atoms with E-state index in [2.05, 4.69) is 27.2 Å². The first-order valence-corrected chi connectivity index (χ1v) is 10.5. The maximum atomic E-state index is 12.3. The average molecular weight is 412 g/mol. The van der Waals surface area contributed by atoms with Crippen molar-refractivity contribution in [2.24, 2.45) is 0 Å². The van der Waals surface area contributed by atoms with Crippen molar-refractivity contribution in [3.63, 3.8) is 0 Å². The zero-order valence-electron chi connectivity index (χ0n) is 17.7. The minimum Gasteiger partial charge on any atom is -0.399 e. The van der Waals surface area contributed by atoms with E-state index < -0.39 is 0 Å². The lowest BCUT2D eigenvalue weighted by Gasteiger charge is -2.42. The summed E-state index contributed by atoms with van der Waals surface area (Å²) in [6.07, 6.45) is 9.29. The molecule has 0 spiro atoms. The van der Waals surface area contributed by atoms with Gasteiger partial charge in [0.2, 0.25) is 0 Å². The Hall–Kier alpha value is -3.67. The van der Waals surface area contributed by atoms with Crippen molar-refractivity contribution in [3.8, 4) is 11.4 Å². The van der Waals surface area contributed by atoms with Crippen LogP contribution < -0.4 is 5.73 Å². The summed E-state index contributed by atoms with van der Waals surface area (Å²) in [5, 5.41) is 1.15. The van der Waals surface area contributed by atoms with Crippen LogP contribution in [0.4, 0.5) is 5.69 Å². The van der Waals surface area contributed by atoms with Gasteiger partial charge in [0.15, 0.2) is 5.82 Å². The highest BCUT2D eigenvalue weighted by Gasteiger charge is 2.42. The van der Waals surface area contributed by atoms with E-state index in [1.54, 1.807) is 19.0 Å². The van der Waals surface area contributed by atoms with Crippen LogP contribution in [0.1, 0.15) is 40.7 Å². The summed E-state index contributed by atoms with van der Waals surface area (Å²) in [7, 11) is 3.54. The van der Waals surface area contributed by atoms with E-state index in [4.69, 9.17) is 5.73 Å². The van der Waals surface area contributed by atoms with Crippen LogP contribution in [0.2, 0.25) is 0 Å². The Morgan fingerprint density at radius 1 is 1.06 bits per heavy atom. The van der Waals surface area contributed by atoms with E-state index in [0.717, 1.165) is 40.6 Å². The third-order valence-corrected chi connectivity index (χ3v) is 6.43. The lowest BCUT2D eigenvalue weighted by Crippen LogP contribution is -2.35. The largest absolute Gasteiger partial charge is 0.399 e. The molecule has 5 rings (SSSR count). The van der Waals surface area contributed by atoms with Crippen molar-refractivity contribution in [3.05, 3.63) is 77.7 Å². The first-order chi connectivity index (χ1) is 15.0. The first kappa shape index (κ1) is 19.3. The van der Waals surface area contributed by atoms with Crippen molar-refractivity contribution in [2.75, 3.05) is 19.8 Å². The fourth-order valence-corrected chi connectivity index (χ4v) is 4.51. The molecule has 0 saturated heterocycles. The number of nitrogens with one attached hydrogen (secondary N) is 1. The molecule has 31 heavy (non-hydrogen) atoms. The predicted molar refractivity (Wildman–Crippen MR) is 123 cm³/mol. The number of fused-ring (bicyclic) bond motifs is 1. The smallest absolute Gasteiger partial charge is 0.253 e. The quantitative estimate of drug-likeness (QED) is 0.488. The molecule has 0 aliphatic heterocycles. The van der Waals surface area contributed by atoms with E-state index in [1.165, 1.54) is 12.0 Å². The Morgan fingerprint density at radius 3 is 2.39 bits per heavy atom. The highest BCUT2D eigenvalue weighted by atomic mass is 16.2. The van der Waals surface area contributed by atoms with Gasteiger partial charge >= 0.3 is 0 Å². The molecule has 1 amide bonds. The topological polar surface area (TPSA) is 87.9 Å². The Morgan fingerprint density at radius 2 is 1.77 bits per heavy atom. The molecular formula is C25H25N5O.